The predicted molar refractivity (Wildman–Crippen MR) is 101 cm³/mol. The van der Waals surface area contributed by atoms with Crippen molar-refractivity contribution in [3.05, 3.63) is 65.0 Å². The van der Waals surface area contributed by atoms with Crippen molar-refractivity contribution < 1.29 is 23.5 Å². The number of hydrogen-bond donors (Lipinski definition) is 1. The Kier molecular flexibility index (Phi) is 5.73. The summed E-state index contributed by atoms with van der Waals surface area (Å²) in [5, 5.41) is 2.51. The zero-order valence-corrected chi connectivity index (χ0v) is 15.7. The molecule has 2 amide bonds. The van der Waals surface area contributed by atoms with Crippen LogP contribution in [0.2, 0.25) is 0 Å². The van der Waals surface area contributed by atoms with Crippen molar-refractivity contribution in [2.45, 2.75) is 25.8 Å². The highest BCUT2D eigenvalue weighted by Gasteiger charge is 2.30. The van der Waals surface area contributed by atoms with Crippen molar-refractivity contribution >= 4 is 23.5 Å². The van der Waals surface area contributed by atoms with Crippen LogP contribution in [0.25, 0.3) is 0 Å². The molecule has 1 heterocycles. The van der Waals surface area contributed by atoms with Gasteiger partial charge in [0, 0.05) is 13.5 Å². The van der Waals surface area contributed by atoms with Crippen LogP contribution >= 0.6 is 0 Å². The van der Waals surface area contributed by atoms with Crippen LogP contribution in [0.1, 0.15) is 40.9 Å². The number of anilines is 1. The van der Waals surface area contributed by atoms with E-state index < -0.39 is 23.7 Å². The van der Waals surface area contributed by atoms with Crippen molar-refractivity contribution in [3.8, 4) is 0 Å². The number of esters is 1. The number of benzene rings is 2. The standard InChI is InChI=1S/C21H21FN2O4/c1-13(25)24-10-9-14-5-3-4-6-16(14)19(24)12-20(26)23-18-11-15(21(27)28-2)7-8-17(18)22/h3-8,11,19H,9-10,12H2,1-2H3,(H,23,26). The van der Waals surface area contributed by atoms with E-state index in [2.05, 4.69) is 10.1 Å². The first kappa shape index (κ1) is 19.5. The molecule has 0 aromatic heterocycles. The summed E-state index contributed by atoms with van der Waals surface area (Å²) in [5.41, 5.74) is 2.04. The van der Waals surface area contributed by atoms with Gasteiger partial charge in [0.2, 0.25) is 11.8 Å². The van der Waals surface area contributed by atoms with Crippen molar-refractivity contribution in [1.82, 2.24) is 4.90 Å². The fourth-order valence-electron chi connectivity index (χ4n) is 3.49. The zero-order chi connectivity index (χ0) is 20.3. The van der Waals surface area contributed by atoms with E-state index in [1.165, 1.54) is 26.2 Å². The van der Waals surface area contributed by atoms with Gasteiger partial charge < -0.3 is 15.0 Å². The Morgan fingerprint density at radius 3 is 2.68 bits per heavy atom. The lowest BCUT2D eigenvalue weighted by molar-refractivity contribution is -0.132. The average Bonchev–Trinajstić information content (AvgIpc) is 2.69. The van der Waals surface area contributed by atoms with Gasteiger partial charge in [-0.1, -0.05) is 24.3 Å². The van der Waals surface area contributed by atoms with Crippen LogP contribution < -0.4 is 5.32 Å². The molecule has 2 aromatic rings. The fourth-order valence-corrected chi connectivity index (χ4v) is 3.49. The molecule has 146 valence electrons. The number of halogens is 1. The van der Waals surface area contributed by atoms with Gasteiger partial charge in [0.05, 0.1) is 30.8 Å². The Morgan fingerprint density at radius 1 is 1.21 bits per heavy atom. The van der Waals surface area contributed by atoms with Crippen molar-refractivity contribution in [2.24, 2.45) is 0 Å². The number of amides is 2. The first-order valence-electron chi connectivity index (χ1n) is 8.93. The number of rotatable bonds is 4. The molecule has 1 aliphatic rings. The minimum absolute atomic E-state index is 0.0154. The lowest BCUT2D eigenvalue weighted by atomic mass is 9.90. The van der Waals surface area contributed by atoms with E-state index in [-0.39, 0.29) is 23.6 Å². The van der Waals surface area contributed by atoms with Crippen LogP contribution in [0, 0.1) is 5.82 Å². The summed E-state index contributed by atoms with van der Waals surface area (Å²) in [6.45, 7) is 1.99. The van der Waals surface area contributed by atoms with Crippen LogP contribution in [0.5, 0.6) is 0 Å². The number of nitrogens with one attached hydrogen (secondary N) is 1. The first-order valence-corrected chi connectivity index (χ1v) is 8.93. The molecular formula is C21H21FN2O4. The largest absolute Gasteiger partial charge is 0.465 e. The molecule has 6 nitrogen and oxygen atoms in total. The van der Waals surface area contributed by atoms with Gasteiger partial charge in [-0.2, -0.15) is 0 Å². The van der Waals surface area contributed by atoms with Gasteiger partial charge in [0.25, 0.3) is 0 Å². The van der Waals surface area contributed by atoms with E-state index in [4.69, 9.17) is 0 Å². The molecule has 3 rings (SSSR count). The molecule has 1 aliphatic heterocycles. The summed E-state index contributed by atoms with van der Waals surface area (Å²) >= 11 is 0. The lowest BCUT2D eigenvalue weighted by Crippen LogP contribution is -2.40. The second-order valence-electron chi connectivity index (χ2n) is 6.62. The maximum Gasteiger partial charge on any atom is 0.337 e. The van der Waals surface area contributed by atoms with Crippen LogP contribution in [0.4, 0.5) is 10.1 Å². The average molecular weight is 384 g/mol. The normalized spacial score (nSPS) is 15.5. The quantitative estimate of drug-likeness (QED) is 0.822. The number of carbonyl (C=O) groups excluding carboxylic acids is 3. The van der Waals surface area contributed by atoms with Gasteiger partial charge >= 0.3 is 5.97 Å². The molecule has 0 aliphatic carbocycles. The summed E-state index contributed by atoms with van der Waals surface area (Å²) in [6, 6.07) is 10.9. The Labute approximate surface area is 162 Å². The van der Waals surface area contributed by atoms with Crippen molar-refractivity contribution in [3.63, 3.8) is 0 Å². The van der Waals surface area contributed by atoms with E-state index >= 15 is 0 Å². The minimum Gasteiger partial charge on any atom is -0.465 e. The molecule has 1 atom stereocenters. The summed E-state index contributed by atoms with van der Waals surface area (Å²) in [7, 11) is 1.22. The van der Waals surface area contributed by atoms with Crippen LogP contribution in [-0.4, -0.2) is 36.3 Å². The van der Waals surface area contributed by atoms with Crippen LogP contribution in [0.3, 0.4) is 0 Å². The number of carbonyl (C=O) groups is 3. The third kappa shape index (κ3) is 4.03. The molecule has 0 fully saturated rings. The third-order valence-corrected chi connectivity index (χ3v) is 4.86. The second-order valence-corrected chi connectivity index (χ2v) is 6.62. The van der Waals surface area contributed by atoms with E-state index in [0.717, 1.165) is 23.6 Å². The topological polar surface area (TPSA) is 75.7 Å². The fraction of sp³-hybridized carbons (Fsp3) is 0.286. The Balaban J connectivity index is 1.82. The maximum absolute atomic E-state index is 14.1. The Hall–Kier alpha value is -3.22. The highest BCUT2D eigenvalue weighted by molar-refractivity contribution is 5.95. The number of methoxy groups -OCH3 is 1. The maximum atomic E-state index is 14.1. The summed E-state index contributed by atoms with van der Waals surface area (Å²) < 4.78 is 18.7. The first-order chi connectivity index (χ1) is 13.4. The molecule has 2 aromatic carbocycles. The lowest BCUT2D eigenvalue weighted by Gasteiger charge is -2.36. The molecule has 0 saturated carbocycles. The van der Waals surface area contributed by atoms with E-state index in [0.29, 0.717) is 6.54 Å². The third-order valence-electron chi connectivity index (χ3n) is 4.86. The number of fused-ring (bicyclic) bond motifs is 1. The van der Waals surface area contributed by atoms with E-state index in [1.807, 2.05) is 24.3 Å². The van der Waals surface area contributed by atoms with Gasteiger partial charge in [-0.3, -0.25) is 9.59 Å². The smallest absolute Gasteiger partial charge is 0.337 e. The molecule has 28 heavy (non-hydrogen) atoms. The minimum atomic E-state index is -0.659. The monoisotopic (exact) mass is 384 g/mol. The van der Waals surface area contributed by atoms with Crippen LogP contribution in [0.15, 0.2) is 42.5 Å². The van der Waals surface area contributed by atoms with Gasteiger partial charge in [-0.25, -0.2) is 9.18 Å². The number of nitrogens with zero attached hydrogens (tertiary/aromatic N) is 1. The van der Waals surface area contributed by atoms with Crippen molar-refractivity contribution in [2.75, 3.05) is 19.0 Å². The molecule has 1 unspecified atom stereocenters. The van der Waals surface area contributed by atoms with Crippen molar-refractivity contribution in [1.29, 1.82) is 0 Å². The summed E-state index contributed by atoms with van der Waals surface area (Å²) in [4.78, 5) is 38.0. The van der Waals surface area contributed by atoms with E-state index in [1.54, 1.807) is 4.90 Å². The van der Waals surface area contributed by atoms with Gasteiger partial charge in [-0.05, 0) is 35.7 Å². The Morgan fingerprint density at radius 2 is 1.96 bits per heavy atom. The van der Waals surface area contributed by atoms with Gasteiger partial charge in [0.15, 0.2) is 0 Å². The van der Waals surface area contributed by atoms with Gasteiger partial charge in [-0.15, -0.1) is 0 Å². The zero-order valence-electron chi connectivity index (χ0n) is 15.7. The van der Waals surface area contributed by atoms with Crippen LogP contribution in [-0.2, 0) is 20.7 Å². The highest BCUT2D eigenvalue weighted by Crippen LogP contribution is 2.32. The molecule has 0 saturated heterocycles. The predicted octanol–water partition coefficient (Wildman–Crippen LogP) is 3.09. The van der Waals surface area contributed by atoms with E-state index in [9.17, 15) is 18.8 Å². The molecule has 1 N–H and O–H groups in total. The molecular weight excluding hydrogens is 363 g/mol. The second kappa shape index (κ2) is 8.21. The molecule has 0 bridgehead atoms. The molecule has 0 spiro atoms. The SMILES string of the molecule is COC(=O)c1ccc(F)c(NC(=O)CC2c3ccccc3CCN2C(C)=O)c1. The van der Waals surface area contributed by atoms with Gasteiger partial charge in [0.1, 0.15) is 5.82 Å². The molecule has 7 heteroatoms. The number of hydrogen-bond acceptors (Lipinski definition) is 4. The summed E-state index contributed by atoms with van der Waals surface area (Å²) in [6.07, 6.45) is 0.710. The number of ether oxygens (including phenoxy) is 1. The summed E-state index contributed by atoms with van der Waals surface area (Å²) in [5.74, 6) is -1.85. The Bertz CT molecular complexity index is 928. The highest BCUT2D eigenvalue weighted by atomic mass is 19.1. The molecule has 0 radical (unpaired) electrons.